The number of sulfonamides is 1. The minimum atomic E-state index is -3.79. The standard InChI is InChI=1S/C21H18Cl2N2O4S/c1-14(29-19-7-3-5-16(23)13-19)21(26)24-17-8-10-20(11-9-17)30(27,28)25-18-6-2-4-15(22)12-18/h2-14,25H,1H3,(H,24,26)/t14-/m0/s1. The summed E-state index contributed by atoms with van der Waals surface area (Å²) in [5.74, 6) is 0.0846. The first-order chi connectivity index (χ1) is 14.2. The lowest BCUT2D eigenvalue weighted by atomic mass is 10.3. The summed E-state index contributed by atoms with van der Waals surface area (Å²) in [6.45, 7) is 1.60. The molecule has 3 rings (SSSR count). The summed E-state index contributed by atoms with van der Waals surface area (Å²) in [5.41, 5.74) is 0.787. The van der Waals surface area contributed by atoms with Crippen LogP contribution in [-0.2, 0) is 14.8 Å². The van der Waals surface area contributed by atoms with E-state index in [9.17, 15) is 13.2 Å². The number of hydrogen-bond donors (Lipinski definition) is 2. The van der Waals surface area contributed by atoms with Crippen LogP contribution in [-0.4, -0.2) is 20.4 Å². The van der Waals surface area contributed by atoms with E-state index in [1.165, 1.54) is 30.3 Å². The van der Waals surface area contributed by atoms with Gasteiger partial charge in [0.1, 0.15) is 5.75 Å². The van der Waals surface area contributed by atoms with Crippen molar-refractivity contribution in [3.63, 3.8) is 0 Å². The van der Waals surface area contributed by atoms with Crippen molar-refractivity contribution in [3.05, 3.63) is 82.8 Å². The lowest BCUT2D eigenvalue weighted by Gasteiger charge is -2.15. The van der Waals surface area contributed by atoms with Crippen LogP contribution in [0.4, 0.5) is 11.4 Å². The van der Waals surface area contributed by atoms with Crippen molar-refractivity contribution in [1.29, 1.82) is 0 Å². The number of amides is 1. The fourth-order valence-electron chi connectivity index (χ4n) is 2.53. The van der Waals surface area contributed by atoms with Gasteiger partial charge in [-0.3, -0.25) is 9.52 Å². The molecule has 9 heteroatoms. The van der Waals surface area contributed by atoms with Crippen LogP contribution in [0.5, 0.6) is 5.75 Å². The third-order valence-electron chi connectivity index (χ3n) is 3.99. The first kappa shape index (κ1) is 22.0. The number of carbonyl (C=O) groups excluding carboxylic acids is 1. The van der Waals surface area contributed by atoms with Gasteiger partial charge in [-0.05, 0) is 67.6 Å². The average Bonchev–Trinajstić information content (AvgIpc) is 2.68. The van der Waals surface area contributed by atoms with Crippen LogP contribution in [0.15, 0.2) is 77.7 Å². The molecule has 30 heavy (non-hydrogen) atoms. The van der Waals surface area contributed by atoms with Crippen LogP contribution in [0.3, 0.4) is 0 Å². The molecule has 0 fully saturated rings. The molecule has 3 aromatic carbocycles. The zero-order valence-corrected chi connectivity index (χ0v) is 18.1. The zero-order chi connectivity index (χ0) is 21.7. The summed E-state index contributed by atoms with van der Waals surface area (Å²) in [5, 5.41) is 3.60. The molecule has 1 atom stereocenters. The summed E-state index contributed by atoms with van der Waals surface area (Å²) >= 11 is 11.8. The smallest absolute Gasteiger partial charge is 0.265 e. The Morgan fingerprint density at radius 2 is 1.53 bits per heavy atom. The van der Waals surface area contributed by atoms with Gasteiger partial charge < -0.3 is 10.1 Å². The number of hydrogen-bond acceptors (Lipinski definition) is 4. The number of ether oxygens (including phenoxy) is 1. The first-order valence-electron chi connectivity index (χ1n) is 8.84. The largest absolute Gasteiger partial charge is 0.481 e. The number of rotatable bonds is 7. The minimum absolute atomic E-state index is 0.0451. The van der Waals surface area contributed by atoms with Crippen molar-refractivity contribution in [1.82, 2.24) is 0 Å². The van der Waals surface area contributed by atoms with Crippen molar-refractivity contribution in [3.8, 4) is 5.75 Å². The quantitative estimate of drug-likeness (QED) is 0.503. The second kappa shape index (κ2) is 9.38. The summed E-state index contributed by atoms with van der Waals surface area (Å²) in [6, 6.07) is 18.9. The molecule has 0 saturated heterocycles. The molecule has 0 aliphatic carbocycles. The maximum atomic E-state index is 12.5. The molecule has 0 saturated carbocycles. The summed E-state index contributed by atoms with van der Waals surface area (Å²) < 4.78 is 33.1. The molecule has 0 aliphatic heterocycles. The molecule has 6 nitrogen and oxygen atoms in total. The van der Waals surface area contributed by atoms with E-state index < -0.39 is 16.1 Å². The van der Waals surface area contributed by atoms with Crippen LogP contribution in [0.1, 0.15) is 6.92 Å². The van der Waals surface area contributed by atoms with Gasteiger partial charge in [0.2, 0.25) is 0 Å². The third-order valence-corrected chi connectivity index (χ3v) is 5.85. The van der Waals surface area contributed by atoms with Crippen molar-refractivity contribution >= 4 is 50.5 Å². The fraction of sp³-hybridized carbons (Fsp3) is 0.0952. The molecule has 3 aromatic rings. The number of anilines is 2. The van der Waals surface area contributed by atoms with Gasteiger partial charge in [0.15, 0.2) is 6.10 Å². The highest BCUT2D eigenvalue weighted by Gasteiger charge is 2.17. The molecule has 0 bridgehead atoms. The molecule has 156 valence electrons. The predicted molar refractivity (Wildman–Crippen MR) is 119 cm³/mol. The van der Waals surface area contributed by atoms with E-state index in [4.69, 9.17) is 27.9 Å². The fourth-order valence-corrected chi connectivity index (χ4v) is 3.95. The maximum Gasteiger partial charge on any atom is 0.265 e. The molecule has 0 aliphatic rings. The van der Waals surface area contributed by atoms with E-state index in [0.29, 0.717) is 27.2 Å². The van der Waals surface area contributed by atoms with Crippen LogP contribution in [0.25, 0.3) is 0 Å². The van der Waals surface area contributed by atoms with E-state index in [-0.39, 0.29) is 10.8 Å². The van der Waals surface area contributed by atoms with E-state index >= 15 is 0 Å². The van der Waals surface area contributed by atoms with Crippen molar-refractivity contribution in [2.24, 2.45) is 0 Å². The van der Waals surface area contributed by atoms with E-state index in [1.807, 2.05) is 0 Å². The lowest BCUT2D eigenvalue weighted by Crippen LogP contribution is -2.30. The summed E-state index contributed by atoms with van der Waals surface area (Å²) in [6.07, 6.45) is -0.781. The van der Waals surface area contributed by atoms with Gasteiger partial charge in [-0.1, -0.05) is 35.3 Å². The predicted octanol–water partition coefficient (Wildman–Crippen LogP) is 5.20. The van der Waals surface area contributed by atoms with Gasteiger partial charge in [-0.15, -0.1) is 0 Å². The first-order valence-corrected chi connectivity index (χ1v) is 11.1. The number of halogens is 2. The molecule has 0 spiro atoms. The van der Waals surface area contributed by atoms with E-state index in [2.05, 4.69) is 10.0 Å². The van der Waals surface area contributed by atoms with Gasteiger partial charge in [0.05, 0.1) is 10.6 Å². The van der Waals surface area contributed by atoms with Crippen molar-refractivity contribution in [2.75, 3.05) is 10.0 Å². The minimum Gasteiger partial charge on any atom is -0.481 e. The number of benzene rings is 3. The van der Waals surface area contributed by atoms with Gasteiger partial charge in [0.25, 0.3) is 15.9 Å². The highest BCUT2D eigenvalue weighted by molar-refractivity contribution is 7.92. The molecule has 0 aromatic heterocycles. The highest BCUT2D eigenvalue weighted by atomic mass is 35.5. The normalized spacial score (nSPS) is 12.1. The SMILES string of the molecule is C[C@H](Oc1cccc(Cl)c1)C(=O)Nc1ccc(S(=O)(=O)Nc2cccc(Cl)c2)cc1. The average molecular weight is 465 g/mol. The Hall–Kier alpha value is -2.74. The van der Waals surface area contributed by atoms with Gasteiger partial charge in [-0.2, -0.15) is 0 Å². The topological polar surface area (TPSA) is 84.5 Å². The Morgan fingerprint density at radius 1 is 0.900 bits per heavy atom. The Balaban J connectivity index is 1.64. The monoisotopic (exact) mass is 464 g/mol. The number of carbonyl (C=O) groups is 1. The second-order valence-electron chi connectivity index (χ2n) is 6.35. The van der Waals surface area contributed by atoms with E-state index in [1.54, 1.807) is 49.4 Å². The molecule has 1 amide bonds. The molecule has 2 N–H and O–H groups in total. The van der Waals surface area contributed by atoms with Crippen LogP contribution < -0.4 is 14.8 Å². The Labute approximate surface area is 184 Å². The summed E-state index contributed by atoms with van der Waals surface area (Å²) in [7, 11) is -3.79. The molecule has 0 unspecified atom stereocenters. The zero-order valence-electron chi connectivity index (χ0n) is 15.8. The van der Waals surface area contributed by atoms with Crippen LogP contribution >= 0.6 is 23.2 Å². The third kappa shape index (κ3) is 5.89. The Bertz CT molecular complexity index is 1150. The highest BCUT2D eigenvalue weighted by Crippen LogP contribution is 2.22. The molecule has 0 radical (unpaired) electrons. The van der Waals surface area contributed by atoms with E-state index in [0.717, 1.165) is 0 Å². The van der Waals surface area contributed by atoms with Gasteiger partial charge in [-0.25, -0.2) is 8.42 Å². The Morgan fingerprint density at radius 3 is 2.17 bits per heavy atom. The van der Waals surface area contributed by atoms with Crippen molar-refractivity contribution in [2.45, 2.75) is 17.9 Å². The van der Waals surface area contributed by atoms with Gasteiger partial charge >= 0.3 is 0 Å². The Kier molecular flexibility index (Phi) is 6.87. The molecule has 0 heterocycles. The van der Waals surface area contributed by atoms with Crippen LogP contribution in [0, 0.1) is 0 Å². The van der Waals surface area contributed by atoms with Gasteiger partial charge in [0, 0.05) is 15.7 Å². The van der Waals surface area contributed by atoms with Crippen LogP contribution in [0.2, 0.25) is 10.0 Å². The van der Waals surface area contributed by atoms with Crippen molar-refractivity contribution < 1.29 is 17.9 Å². The molecular formula is C21H18Cl2N2O4S. The second-order valence-corrected chi connectivity index (χ2v) is 8.90. The summed E-state index contributed by atoms with van der Waals surface area (Å²) in [4.78, 5) is 12.4. The molecular weight excluding hydrogens is 447 g/mol. The lowest BCUT2D eigenvalue weighted by molar-refractivity contribution is -0.122. The number of nitrogens with one attached hydrogen (secondary N) is 2. The maximum absolute atomic E-state index is 12.5.